The summed E-state index contributed by atoms with van der Waals surface area (Å²) in [6.07, 6.45) is 0. The number of hydrogen-bond acceptors (Lipinski definition) is 7. The number of rotatable bonds is 4. The Morgan fingerprint density at radius 2 is 1.58 bits per heavy atom. The van der Waals surface area contributed by atoms with Crippen molar-refractivity contribution in [3.63, 3.8) is 0 Å². The van der Waals surface area contributed by atoms with Crippen molar-refractivity contribution in [2.24, 2.45) is 0 Å². The minimum atomic E-state index is -4.90. The molecule has 0 atom stereocenters. The molecular formula is C8H11NO8S2. The van der Waals surface area contributed by atoms with Gasteiger partial charge in [-0.15, -0.1) is 0 Å². The molecule has 0 saturated heterocycles. The number of nitrogen functional groups attached to an aromatic ring is 1. The summed E-state index contributed by atoms with van der Waals surface area (Å²) < 4.78 is 72.2. The highest BCUT2D eigenvalue weighted by atomic mass is 32.2. The molecule has 0 aliphatic heterocycles. The molecule has 108 valence electrons. The molecule has 0 radical (unpaired) electrons. The third-order valence-corrected chi connectivity index (χ3v) is 3.94. The predicted molar refractivity (Wildman–Crippen MR) is 63.6 cm³/mol. The van der Waals surface area contributed by atoms with Gasteiger partial charge in [0, 0.05) is 6.07 Å². The summed E-state index contributed by atoms with van der Waals surface area (Å²) in [6.45, 7) is 0. The highest BCUT2D eigenvalue weighted by Gasteiger charge is 2.31. The molecule has 9 nitrogen and oxygen atoms in total. The standard InChI is InChI=1S/C8H11NO8S2/c1-16-4-3-5(18(10,11)12)7(17-2)8(6(4)9)19(13,14)15/h3H,9H2,1-2H3,(H,10,11,12)(H,13,14,15). The van der Waals surface area contributed by atoms with Crippen LogP contribution < -0.4 is 15.2 Å². The van der Waals surface area contributed by atoms with Crippen molar-refractivity contribution < 1.29 is 35.4 Å². The fourth-order valence-corrected chi connectivity index (χ4v) is 2.96. The molecule has 0 unspecified atom stereocenters. The zero-order valence-corrected chi connectivity index (χ0v) is 11.4. The summed E-state index contributed by atoms with van der Waals surface area (Å²) >= 11 is 0. The lowest BCUT2D eigenvalue weighted by atomic mass is 10.2. The number of anilines is 1. The molecule has 0 heterocycles. The Morgan fingerprint density at radius 1 is 1.05 bits per heavy atom. The van der Waals surface area contributed by atoms with Gasteiger partial charge in [0.15, 0.2) is 10.6 Å². The molecule has 0 fully saturated rings. The van der Waals surface area contributed by atoms with Gasteiger partial charge >= 0.3 is 10.1 Å². The van der Waals surface area contributed by atoms with E-state index >= 15 is 0 Å². The van der Waals surface area contributed by atoms with Crippen molar-refractivity contribution in [3.8, 4) is 11.5 Å². The molecule has 4 N–H and O–H groups in total. The number of methoxy groups -OCH3 is 2. The van der Waals surface area contributed by atoms with Gasteiger partial charge in [0.25, 0.3) is 10.1 Å². The molecule has 0 saturated carbocycles. The fraction of sp³-hybridized carbons (Fsp3) is 0.250. The minimum Gasteiger partial charge on any atom is -0.494 e. The minimum absolute atomic E-state index is 0.360. The summed E-state index contributed by atoms with van der Waals surface area (Å²) in [4.78, 5) is -1.89. The van der Waals surface area contributed by atoms with E-state index in [1.807, 2.05) is 0 Å². The molecule has 1 aromatic rings. The summed E-state index contributed by atoms with van der Waals surface area (Å²) in [5.74, 6) is -1.16. The first-order chi connectivity index (χ1) is 8.54. The van der Waals surface area contributed by atoms with E-state index < -0.39 is 41.5 Å². The molecule has 0 aliphatic carbocycles. The molecule has 0 aromatic heterocycles. The molecule has 0 spiro atoms. The molecule has 1 aromatic carbocycles. The first-order valence-corrected chi connectivity index (χ1v) is 7.41. The van der Waals surface area contributed by atoms with E-state index in [-0.39, 0.29) is 5.75 Å². The van der Waals surface area contributed by atoms with Crippen molar-refractivity contribution >= 4 is 25.9 Å². The monoisotopic (exact) mass is 313 g/mol. The van der Waals surface area contributed by atoms with Crippen LogP contribution in [0.25, 0.3) is 0 Å². The van der Waals surface area contributed by atoms with Gasteiger partial charge in [-0.1, -0.05) is 0 Å². The molecule has 0 bridgehead atoms. The van der Waals surface area contributed by atoms with Crippen LogP contribution in [0.4, 0.5) is 5.69 Å². The van der Waals surface area contributed by atoms with E-state index in [9.17, 15) is 16.8 Å². The second kappa shape index (κ2) is 4.85. The first-order valence-electron chi connectivity index (χ1n) is 4.53. The van der Waals surface area contributed by atoms with Crippen molar-refractivity contribution in [3.05, 3.63) is 6.07 Å². The Balaban J connectivity index is 4.01. The maximum absolute atomic E-state index is 11.2. The maximum Gasteiger partial charge on any atom is 0.300 e. The summed E-state index contributed by atoms with van der Waals surface area (Å²) in [5, 5.41) is 0. The number of hydrogen-bond donors (Lipinski definition) is 3. The zero-order valence-electron chi connectivity index (χ0n) is 9.82. The first kappa shape index (κ1) is 15.5. The van der Waals surface area contributed by atoms with Crippen LogP contribution in [0.1, 0.15) is 0 Å². The van der Waals surface area contributed by atoms with Crippen molar-refractivity contribution in [2.45, 2.75) is 9.79 Å². The van der Waals surface area contributed by atoms with Crippen LogP contribution in [0.5, 0.6) is 11.5 Å². The third kappa shape index (κ3) is 2.89. The second-order valence-corrected chi connectivity index (χ2v) is 6.05. The number of benzene rings is 1. The van der Waals surface area contributed by atoms with E-state index in [1.54, 1.807) is 0 Å². The quantitative estimate of drug-likeness (QED) is 0.505. The van der Waals surface area contributed by atoms with E-state index in [0.717, 1.165) is 20.3 Å². The molecular weight excluding hydrogens is 302 g/mol. The predicted octanol–water partition coefficient (Wildman–Crippen LogP) is -0.221. The summed E-state index contributed by atoms with van der Waals surface area (Å²) in [5.41, 5.74) is 4.90. The van der Waals surface area contributed by atoms with Gasteiger partial charge in [-0.2, -0.15) is 16.8 Å². The van der Waals surface area contributed by atoms with Gasteiger partial charge in [0.05, 0.1) is 19.9 Å². The molecule has 0 aliphatic rings. The van der Waals surface area contributed by atoms with E-state index in [2.05, 4.69) is 9.47 Å². The molecule has 11 heteroatoms. The van der Waals surface area contributed by atoms with E-state index in [1.165, 1.54) is 0 Å². The topological polar surface area (TPSA) is 153 Å². The van der Waals surface area contributed by atoms with Crippen LogP contribution in [0.3, 0.4) is 0 Å². The van der Waals surface area contributed by atoms with Crippen LogP contribution in [0, 0.1) is 0 Å². The van der Waals surface area contributed by atoms with Crippen LogP contribution >= 0.6 is 0 Å². The highest BCUT2D eigenvalue weighted by molar-refractivity contribution is 7.87. The lowest BCUT2D eigenvalue weighted by Gasteiger charge is -2.15. The Morgan fingerprint density at radius 3 is 1.89 bits per heavy atom. The molecule has 19 heavy (non-hydrogen) atoms. The van der Waals surface area contributed by atoms with Gasteiger partial charge in [-0.05, 0) is 0 Å². The Hall–Kier alpha value is -1.56. The average molecular weight is 313 g/mol. The van der Waals surface area contributed by atoms with Crippen LogP contribution in [0.2, 0.25) is 0 Å². The molecule has 0 amide bonds. The zero-order chi connectivity index (χ0) is 15.0. The van der Waals surface area contributed by atoms with Gasteiger partial charge in [-0.3, -0.25) is 9.11 Å². The van der Waals surface area contributed by atoms with Gasteiger partial charge in [0.1, 0.15) is 10.6 Å². The van der Waals surface area contributed by atoms with Crippen LogP contribution in [-0.4, -0.2) is 40.2 Å². The molecule has 1 rings (SSSR count). The van der Waals surface area contributed by atoms with Crippen molar-refractivity contribution in [2.75, 3.05) is 20.0 Å². The highest BCUT2D eigenvalue weighted by Crippen LogP contribution is 2.41. The maximum atomic E-state index is 11.2. The normalized spacial score (nSPS) is 12.2. The Kier molecular flexibility index (Phi) is 3.95. The summed E-state index contributed by atoms with van der Waals surface area (Å²) in [7, 11) is -7.67. The fourth-order valence-electron chi connectivity index (χ4n) is 1.42. The van der Waals surface area contributed by atoms with E-state index in [0.29, 0.717) is 0 Å². The Labute approximate surface area is 109 Å². The van der Waals surface area contributed by atoms with Crippen LogP contribution in [-0.2, 0) is 20.2 Å². The number of nitrogens with two attached hydrogens (primary N) is 1. The van der Waals surface area contributed by atoms with Gasteiger partial charge < -0.3 is 15.2 Å². The van der Waals surface area contributed by atoms with Gasteiger partial charge in [-0.25, -0.2) is 0 Å². The van der Waals surface area contributed by atoms with Gasteiger partial charge in [0.2, 0.25) is 0 Å². The van der Waals surface area contributed by atoms with Crippen molar-refractivity contribution in [1.82, 2.24) is 0 Å². The smallest absolute Gasteiger partial charge is 0.300 e. The Bertz CT molecular complexity index is 707. The second-order valence-electron chi connectivity index (χ2n) is 3.30. The lowest BCUT2D eigenvalue weighted by molar-refractivity contribution is 0.374. The van der Waals surface area contributed by atoms with E-state index in [4.69, 9.17) is 14.8 Å². The third-order valence-electron chi connectivity index (χ3n) is 2.16. The lowest BCUT2D eigenvalue weighted by Crippen LogP contribution is -2.11. The van der Waals surface area contributed by atoms with Crippen LogP contribution in [0.15, 0.2) is 15.9 Å². The number of ether oxygens (including phenoxy) is 2. The summed E-state index contributed by atoms with van der Waals surface area (Å²) in [6, 6.07) is 0.776. The average Bonchev–Trinajstić information content (AvgIpc) is 2.24. The largest absolute Gasteiger partial charge is 0.494 e. The van der Waals surface area contributed by atoms with Crippen molar-refractivity contribution in [1.29, 1.82) is 0 Å². The SMILES string of the molecule is COc1cc(S(=O)(=O)O)c(OC)c(S(=O)(=O)O)c1N.